The molecule has 1 fully saturated rings. The van der Waals surface area contributed by atoms with Gasteiger partial charge in [0.1, 0.15) is 11.0 Å². The topological polar surface area (TPSA) is 166 Å². The van der Waals surface area contributed by atoms with Gasteiger partial charge in [0, 0.05) is 30.9 Å². The Morgan fingerprint density at radius 2 is 1.71 bits per heavy atom. The van der Waals surface area contributed by atoms with Crippen LogP contribution >= 0.6 is 0 Å². The summed E-state index contributed by atoms with van der Waals surface area (Å²) < 4.78 is 0. The van der Waals surface area contributed by atoms with Crippen LogP contribution in [0.3, 0.4) is 0 Å². The number of amides is 3. The molecule has 0 radical (unpaired) electrons. The predicted molar refractivity (Wildman–Crippen MR) is 157 cm³/mol. The molecule has 1 unspecified atom stereocenters. The summed E-state index contributed by atoms with van der Waals surface area (Å²) in [5.41, 5.74) is 20.2. The number of aryl methyl sites for hydroxylation is 2. The molecule has 10 nitrogen and oxygen atoms in total. The summed E-state index contributed by atoms with van der Waals surface area (Å²) in [6.07, 6.45) is 2.94. The van der Waals surface area contributed by atoms with Gasteiger partial charge >= 0.3 is 0 Å². The smallest absolute Gasteiger partial charge is 0.249 e. The normalized spacial score (nSPS) is 22.0. The summed E-state index contributed by atoms with van der Waals surface area (Å²) in [6, 6.07) is 13.0. The number of nitrogens with one attached hydrogen (secondary N) is 3. The third kappa shape index (κ3) is 5.56. The monoisotopic (exact) mass is 557 g/mol. The standard InChI is InChI=1S/C31H39N7O3/c1-19(36-17-27(39)38-13-5-12-30(38,3)18-32)16-31(29(41)37-35-4)25-10-8-21(20(2)33)14-22(25)6-7-23-15-24(28(34)40)9-11-26(23)31/h8-11,14-15,19,35-36H,2,5-7,12-13,16-17,33H2,1,3-4H3,(H2,34,40)(H,37,41)/t19-,30+,31?/m1/s1. The van der Waals surface area contributed by atoms with E-state index < -0.39 is 16.9 Å². The Kier molecular flexibility index (Phi) is 8.52. The molecule has 216 valence electrons. The molecule has 4 rings (SSSR count). The lowest BCUT2D eigenvalue weighted by Crippen LogP contribution is -2.53. The molecule has 0 spiro atoms. The molecule has 2 aliphatic rings. The van der Waals surface area contributed by atoms with Gasteiger partial charge in [0.05, 0.1) is 12.6 Å². The number of nitriles is 1. The average Bonchev–Trinajstić information content (AvgIpc) is 3.29. The van der Waals surface area contributed by atoms with Gasteiger partial charge in [-0.3, -0.25) is 19.8 Å². The molecule has 2 aromatic rings. The molecule has 1 aliphatic carbocycles. The lowest BCUT2D eigenvalue weighted by Gasteiger charge is -2.37. The Balaban J connectivity index is 1.78. The number of carbonyl (C=O) groups excluding carboxylic acids is 3. The van der Waals surface area contributed by atoms with Gasteiger partial charge in [-0.15, -0.1) is 0 Å². The molecule has 2 aromatic carbocycles. The molecule has 0 aromatic heterocycles. The van der Waals surface area contributed by atoms with Gasteiger partial charge in [0.15, 0.2) is 0 Å². The summed E-state index contributed by atoms with van der Waals surface area (Å²) in [6.45, 7) is 8.19. The van der Waals surface area contributed by atoms with E-state index in [4.69, 9.17) is 11.5 Å². The Hall–Kier alpha value is -4.20. The second-order valence-electron chi connectivity index (χ2n) is 11.3. The van der Waals surface area contributed by atoms with Crippen LogP contribution in [0.4, 0.5) is 0 Å². The zero-order chi connectivity index (χ0) is 29.9. The van der Waals surface area contributed by atoms with Crippen molar-refractivity contribution in [2.45, 2.75) is 62.9 Å². The summed E-state index contributed by atoms with van der Waals surface area (Å²) in [4.78, 5) is 41.0. The van der Waals surface area contributed by atoms with Crippen molar-refractivity contribution in [3.05, 3.63) is 76.4 Å². The highest BCUT2D eigenvalue weighted by molar-refractivity contribution is 5.96. The highest BCUT2D eigenvalue weighted by Crippen LogP contribution is 2.44. The fraction of sp³-hybridized carbons (Fsp3) is 0.419. The molecule has 10 heteroatoms. The van der Waals surface area contributed by atoms with Crippen LogP contribution in [0.1, 0.15) is 71.3 Å². The van der Waals surface area contributed by atoms with Crippen molar-refractivity contribution in [3.63, 3.8) is 0 Å². The van der Waals surface area contributed by atoms with Crippen molar-refractivity contribution in [2.24, 2.45) is 11.5 Å². The SMILES string of the molecule is C=C(N)c1ccc2c(c1)CCc1cc(C(N)=O)ccc1C2(C[C@@H](C)NCC(=O)N1CCC[C@@]1(C)C#N)C(=O)NNC. The summed E-state index contributed by atoms with van der Waals surface area (Å²) in [7, 11) is 1.63. The van der Waals surface area contributed by atoms with Gasteiger partial charge in [0.2, 0.25) is 17.7 Å². The first-order valence-electron chi connectivity index (χ1n) is 13.9. The van der Waals surface area contributed by atoms with Crippen molar-refractivity contribution >= 4 is 23.4 Å². The molecule has 1 heterocycles. The van der Waals surface area contributed by atoms with Gasteiger partial charge < -0.3 is 21.7 Å². The van der Waals surface area contributed by atoms with Crippen LogP contribution in [0.25, 0.3) is 5.70 Å². The van der Waals surface area contributed by atoms with Crippen LogP contribution < -0.4 is 27.6 Å². The maximum absolute atomic E-state index is 14.2. The Labute approximate surface area is 241 Å². The first kappa shape index (κ1) is 29.8. The first-order valence-corrected chi connectivity index (χ1v) is 13.9. The zero-order valence-corrected chi connectivity index (χ0v) is 24.0. The molecule has 0 saturated carbocycles. The van der Waals surface area contributed by atoms with E-state index in [1.54, 1.807) is 31.0 Å². The van der Waals surface area contributed by atoms with Crippen molar-refractivity contribution in [1.29, 1.82) is 5.26 Å². The third-order valence-electron chi connectivity index (χ3n) is 8.47. The Morgan fingerprint density at radius 3 is 2.27 bits per heavy atom. The van der Waals surface area contributed by atoms with E-state index >= 15 is 0 Å². The molecule has 1 saturated heterocycles. The number of primary amides is 1. The van der Waals surface area contributed by atoms with Gasteiger partial charge in [-0.25, -0.2) is 5.43 Å². The van der Waals surface area contributed by atoms with Crippen LogP contribution in [-0.2, 0) is 27.8 Å². The van der Waals surface area contributed by atoms with Gasteiger partial charge in [-0.05, 0) is 92.0 Å². The number of hydrogen-bond donors (Lipinski definition) is 5. The molecule has 0 bridgehead atoms. The zero-order valence-electron chi connectivity index (χ0n) is 24.0. The van der Waals surface area contributed by atoms with Crippen molar-refractivity contribution in [2.75, 3.05) is 20.1 Å². The van der Waals surface area contributed by atoms with E-state index in [0.717, 1.165) is 34.2 Å². The quantitative estimate of drug-likeness (QED) is 0.292. The van der Waals surface area contributed by atoms with Crippen molar-refractivity contribution < 1.29 is 14.4 Å². The Morgan fingerprint density at radius 1 is 1.10 bits per heavy atom. The summed E-state index contributed by atoms with van der Waals surface area (Å²) >= 11 is 0. The molecule has 7 N–H and O–H groups in total. The highest BCUT2D eigenvalue weighted by Gasteiger charge is 2.47. The summed E-state index contributed by atoms with van der Waals surface area (Å²) in [5, 5.41) is 13.0. The number of carbonyl (C=O) groups is 3. The predicted octanol–water partition coefficient (Wildman–Crippen LogP) is 1.62. The van der Waals surface area contributed by atoms with E-state index in [2.05, 4.69) is 28.8 Å². The third-order valence-corrected chi connectivity index (χ3v) is 8.47. The van der Waals surface area contributed by atoms with E-state index in [0.29, 0.717) is 43.5 Å². The minimum absolute atomic E-state index is 0.0361. The highest BCUT2D eigenvalue weighted by atomic mass is 16.2. The van der Waals surface area contributed by atoms with Gasteiger partial charge in [-0.1, -0.05) is 24.8 Å². The minimum Gasteiger partial charge on any atom is -0.399 e. The lowest BCUT2D eigenvalue weighted by molar-refractivity contribution is -0.132. The van der Waals surface area contributed by atoms with Gasteiger partial charge in [0.25, 0.3) is 0 Å². The molecule has 1 aliphatic heterocycles. The van der Waals surface area contributed by atoms with Crippen LogP contribution in [0.5, 0.6) is 0 Å². The molecule has 41 heavy (non-hydrogen) atoms. The van der Waals surface area contributed by atoms with E-state index in [9.17, 15) is 19.6 Å². The average molecular weight is 558 g/mol. The number of rotatable bonds is 9. The summed E-state index contributed by atoms with van der Waals surface area (Å²) in [5.74, 6) is -0.959. The maximum atomic E-state index is 14.2. The fourth-order valence-electron chi connectivity index (χ4n) is 6.35. The number of nitrogens with two attached hydrogens (primary N) is 2. The number of likely N-dealkylation sites (tertiary alicyclic amines) is 1. The molecule has 3 amide bonds. The fourth-order valence-corrected chi connectivity index (χ4v) is 6.35. The van der Waals surface area contributed by atoms with Gasteiger partial charge in [-0.2, -0.15) is 5.26 Å². The first-order chi connectivity index (χ1) is 19.5. The van der Waals surface area contributed by atoms with Crippen LogP contribution in [-0.4, -0.2) is 54.3 Å². The number of benzene rings is 2. The number of nitrogens with zero attached hydrogens (tertiary/aromatic N) is 2. The van der Waals surface area contributed by atoms with E-state index in [-0.39, 0.29) is 24.4 Å². The minimum atomic E-state index is -1.18. The van der Waals surface area contributed by atoms with Crippen molar-refractivity contribution in [1.82, 2.24) is 21.1 Å². The Bertz CT molecular complexity index is 1360. The molecular formula is C31H39N7O3. The maximum Gasteiger partial charge on any atom is 0.249 e. The largest absolute Gasteiger partial charge is 0.399 e. The lowest BCUT2D eigenvalue weighted by atomic mass is 9.67. The van der Waals surface area contributed by atoms with Crippen LogP contribution in [0, 0.1) is 11.3 Å². The molecular weight excluding hydrogens is 518 g/mol. The van der Waals surface area contributed by atoms with E-state index in [1.807, 2.05) is 31.2 Å². The second kappa shape index (κ2) is 11.7. The second-order valence-corrected chi connectivity index (χ2v) is 11.3. The van der Waals surface area contributed by atoms with E-state index in [1.165, 1.54) is 0 Å². The van der Waals surface area contributed by atoms with Crippen molar-refractivity contribution in [3.8, 4) is 6.07 Å². The van der Waals surface area contributed by atoms with Crippen LogP contribution in [0.2, 0.25) is 0 Å². The van der Waals surface area contributed by atoms with Crippen LogP contribution in [0.15, 0.2) is 43.0 Å². The number of fused-ring (bicyclic) bond motifs is 2. The number of hydrogen-bond acceptors (Lipinski definition) is 7. The number of hydrazine groups is 1. The molecule has 3 atom stereocenters.